The minimum atomic E-state index is -0.194. The monoisotopic (exact) mass is 233 g/mol. The van der Waals surface area contributed by atoms with Crippen LogP contribution in [0, 0.1) is 0 Å². The van der Waals surface area contributed by atoms with Crippen LogP contribution in [0.2, 0.25) is 0 Å². The Morgan fingerprint density at radius 3 is 2.88 bits per heavy atom. The van der Waals surface area contributed by atoms with Crippen LogP contribution in [0.3, 0.4) is 0 Å². The van der Waals surface area contributed by atoms with Crippen LogP contribution >= 0.6 is 0 Å². The van der Waals surface area contributed by atoms with Crippen molar-refractivity contribution in [3.05, 3.63) is 41.5 Å². The summed E-state index contributed by atoms with van der Waals surface area (Å²) in [4.78, 5) is 11.2. The molecule has 0 radical (unpaired) electrons. The summed E-state index contributed by atoms with van der Waals surface area (Å²) in [5, 5.41) is 0. The second-order valence-corrected chi connectivity index (χ2v) is 3.65. The minimum absolute atomic E-state index is 0.194. The zero-order valence-electron chi connectivity index (χ0n) is 10.2. The molecule has 17 heavy (non-hydrogen) atoms. The maximum Gasteiger partial charge on any atom is 0.309 e. The van der Waals surface area contributed by atoms with Crippen molar-refractivity contribution in [3.63, 3.8) is 0 Å². The average Bonchev–Trinajstić information content (AvgIpc) is 2.32. The van der Waals surface area contributed by atoms with Gasteiger partial charge in [-0.15, -0.1) is 0 Å². The second-order valence-electron chi connectivity index (χ2n) is 3.65. The SMILES string of the molecule is CCOC(=O)CC=Cc1ccccc1CCN. The van der Waals surface area contributed by atoms with Crippen LogP contribution in [0.5, 0.6) is 0 Å². The fraction of sp³-hybridized carbons (Fsp3) is 0.357. The van der Waals surface area contributed by atoms with Crippen molar-refractivity contribution >= 4 is 12.0 Å². The number of hydrogen-bond donors (Lipinski definition) is 1. The van der Waals surface area contributed by atoms with E-state index in [9.17, 15) is 4.79 Å². The number of hydrogen-bond acceptors (Lipinski definition) is 3. The van der Waals surface area contributed by atoms with E-state index >= 15 is 0 Å². The Balaban J connectivity index is 2.61. The van der Waals surface area contributed by atoms with Crippen LogP contribution < -0.4 is 5.73 Å². The van der Waals surface area contributed by atoms with Crippen LogP contribution in [0.4, 0.5) is 0 Å². The number of rotatable bonds is 6. The summed E-state index contributed by atoms with van der Waals surface area (Å²) in [6, 6.07) is 8.04. The molecular weight excluding hydrogens is 214 g/mol. The van der Waals surface area contributed by atoms with Gasteiger partial charge in [-0.3, -0.25) is 4.79 Å². The van der Waals surface area contributed by atoms with Crippen LogP contribution in [-0.2, 0) is 16.0 Å². The van der Waals surface area contributed by atoms with Crippen molar-refractivity contribution in [2.45, 2.75) is 19.8 Å². The topological polar surface area (TPSA) is 52.3 Å². The highest BCUT2D eigenvalue weighted by atomic mass is 16.5. The van der Waals surface area contributed by atoms with Crippen molar-refractivity contribution < 1.29 is 9.53 Å². The number of benzene rings is 1. The molecule has 92 valence electrons. The first-order chi connectivity index (χ1) is 8.27. The molecule has 0 aliphatic heterocycles. The molecule has 0 aliphatic carbocycles. The molecule has 0 atom stereocenters. The standard InChI is InChI=1S/C14H19NO2/c1-2-17-14(16)9-5-8-12-6-3-4-7-13(12)10-11-15/h3-8H,2,9-11,15H2,1H3. The van der Waals surface area contributed by atoms with Crippen molar-refractivity contribution in [1.29, 1.82) is 0 Å². The number of ether oxygens (including phenoxy) is 1. The molecule has 3 heteroatoms. The fourth-order valence-electron chi connectivity index (χ4n) is 1.58. The van der Waals surface area contributed by atoms with Gasteiger partial charge in [0.25, 0.3) is 0 Å². The van der Waals surface area contributed by atoms with Crippen LogP contribution in [0.25, 0.3) is 6.08 Å². The number of nitrogens with two attached hydrogens (primary N) is 1. The van der Waals surface area contributed by atoms with Gasteiger partial charge in [0.1, 0.15) is 0 Å². The number of carbonyl (C=O) groups is 1. The number of esters is 1. The minimum Gasteiger partial charge on any atom is -0.466 e. The van der Waals surface area contributed by atoms with E-state index in [1.165, 1.54) is 5.56 Å². The number of carbonyl (C=O) groups excluding carboxylic acids is 1. The molecule has 1 aromatic carbocycles. The average molecular weight is 233 g/mol. The third-order valence-corrected chi connectivity index (χ3v) is 2.36. The predicted octanol–water partition coefficient (Wildman–Crippen LogP) is 2.15. The van der Waals surface area contributed by atoms with Gasteiger partial charge in [-0.1, -0.05) is 36.4 Å². The van der Waals surface area contributed by atoms with Crippen LogP contribution in [0.1, 0.15) is 24.5 Å². The van der Waals surface area contributed by atoms with Gasteiger partial charge in [0.05, 0.1) is 13.0 Å². The fourth-order valence-corrected chi connectivity index (χ4v) is 1.58. The molecule has 1 aromatic rings. The maximum absolute atomic E-state index is 11.2. The molecule has 0 bridgehead atoms. The van der Waals surface area contributed by atoms with Crippen molar-refractivity contribution in [3.8, 4) is 0 Å². The second kappa shape index (κ2) is 7.63. The van der Waals surface area contributed by atoms with E-state index in [0.29, 0.717) is 19.6 Å². The van der Waals surface area contributed by atoms with Gasteiger partial charge in [-0.25, -0.2) is 0 Å². The predicted molar refractivity (Wildman–Crippen MR) is 69.5 cm³/mol. The molecule has 0 spiro atoms. The van der Waals surface area contributed by atoms with Gasteiger partial charge in [0.2, 0.25) is 0 Å². The molecule has 0 aromatic heterocycles. The van der Waals surface area contributed by atoms with Gasteiger partial charge in [-0.05, 0) is 31.0 Å². The summed E-state index contributed by atoms with van der Waals surface area (Å²) in [5.74, 6) is -0.194. The molecule has 0 saturated heterocycles. The van der Waals surface area contributed by atoms with E-state index in [0.717, 1.165) is 12.0 Å². The lowest BCUT2D eigenvalue weighted by Crippen LogP contribution is -2.04. The molecule has 2 N–H and O–H groups in total. The van der Waals surface area contributed by atoms with E-state index < -0.39 is 0 Å². The first kappa shape index (κ1) is 13.5. The molecule has 0 saturated carbocycles. The first-order valence-corrected chi connectivity index (χ1v) is 5.88. The molecule has 0 aliphatic rings. The smallest absolute Gasteiger partial charge is 0.309 e. The zero-order chi connectivity index (χ0) is 12.5. The van der Waals surface area contributed by atoms with Crippen molar-refractivity contribution in [2.75, 3.05) is 13.2 Å². The van der Waals surface area contributed by atoms with E-state index in [-0.39, 0.29) is 5.97 Å². The Kier molecular flexibility index (Phi) is 6.04. The Bertz CT molecular complexity index is 386. The first-order valence-electron chi connectivity index (χ1n) is 5.88. The summed E-state index contributed by atoms with van der Waals surface area (Å²) >= 11 is 0. The lowest BCUT2D eigenvalue weighted by molar-refractivity contribution is -0.142. The third kappa shape index (κ3) is 4.83. The summed E-state index contributed by atoms with van der Waals surface area (Å²) in [5.41, 5.74) is 7.86. The van der Waals surface area contributed by atoms with Gasteiger partial charge < -0.3 is 10.5 Å². The van der Waals surface area contributed by atoms with Gasteiger partial charge in [0, 0.05) is 0 Å². The van der Waals surface area contributed by atoms with Crippen LogP contribution in [0.15, 0.2) is 30.3 Å². The van der Waals surface area contributed by atoms with Crippen LogP contribution in [-0.4, -0.2) is 19.1 Å². The summed E-state index contributed by atoms with van der Waals surface area (Å²) in [6.45, 7) is 2.86. The summed E-state index contributed by atoms with van der Waals surface area (Å²) < 4.78 is 4.85. The molecule has 0 heterocycles. The zero-order valence-corrected chi connectivity index (χ0v) is 10.2. The van der Waals surface area contributed by atoms with E-state index in [4.69, 9.17) is 10.5 Å². The maximum atomic E-state index is 11.2. The molecule has 3 nitrogen and oxygen atoms in total. The normalized spacial score (nSPS) is 10.7. The molecular formula is C14H19NO2. The highest BCUT2D eigenvalue weighted by molar-refractivity contribution is 5.72. The highest BCUT2D eigenvalue weighted by Crippen LogP contribution is 2.11. The highest BCUT2D eigenvalue weighted by Gasteiger charge is 1.99. The Morgan fingerprint density at radius 2 is 2.18 bits per heavy atom. The molecule has 0 fully saturated rings. The van der Waals surface area contributed by atoms with Crippen molar-refractivity contribution in [2.24, 2.45) is 5.73 Å². The van der Waals surface area contributed by atoms with E-state index in [1.807, 2.05) is 30.4 Å². The van der Waals surface area contributed by atoms with Crippen molar-refractivity contribution in [1.82, 2.24) is 0 Å². The molecule has 0 amide bonds. The third-order valence-electron chi connectivity index (χ3n) is 2.36. The Morgan fingerprint density at radius 1 is 1.41 bits per heavy atom. The lowest BCUT2D eigenvalue weighted by atomic mass is 10.0. The van der Waals surface area contributed by atoms with E-state index in [2.05, 4.69) is 6.07 Å². The quantitative estimate of drug-likeness (QED) is 0.766. The van der Waals surface area contributed by atoms with E-state index in [1.54, 1.807) is 6.92 Å². The van der Waals surface area contributed by atoms with Gasteiger partial charge in [-0.2, -0.15) is 0 Å². The van der Waals surface area contributed by atoms with Gasteiger partial charge in [0.15, 0.2) is 0 Å². The molecule has 1 rings (SSSR count). The lowest BCUT2D eigenvalue weighted by Gasteiger charge is -2.03. The largest absolute Gasteiger partial charge is 0.466 e. The summed E-state index contributed by atoms with van der Waals surface area (Å²) in [6.07, 6.45) is 4.93. The Hall–Kier alpha value is -1.61. The summed E-state index contributed by atoms with van der Waals surface area (Å²) in [7, 11) is 0. The van der Waals surface area contributed by atoms with Gasteiger partial charge >= 0.3 is 5.97 Å². The Labute approximate surface area is 102 Å². The molecule has 0 unspecified atom stereocenters.